The Kier molecular flexibility index (Phi) is 4.47. The summed E-state index contributed by atoms with van der Waals surface area (Å²) < 4.78 is 0. The zero-order valence-corrected chi connectivity index (χ0v) is 12.1. The van der Waals surface area contributed by atoms with Gasteiger partial charge in [0.25, 0.3) is 0 Å². The van der Waals surface area contributed by atoms with E-state index in [9.17, 15) is 9.59 Å². The highest BCUT2D eigenvalue weighted by atomic mass is 32.2. The molecule has 0 saturated carbocycles. The van der Waals surface area contributed by atoms with Crippen LogP contribution in [0.25, 0.3) is 0 Å². The lowest BCUT2D eigenvalue weighted by Gasteiger charge is -2.45. The first kappa shape index (κ1) is 14.4. The largest absolute Gasteiger partial charge is 0.340 e. The van der Waals surface area contributed by atoms with E-state index in [0.29, 0.717) is 0 Å². The lowest BCUT2D eigenvalue weighted by atomic mass is 9.95. The maximum atomic E-state index is 12.4. The molecule has 5 heteroatoms. The van der Waals surface area contributed by atoms with Gasteiger partial charge in [0.15, 0.2) is 0 Å². The van der Waals surface area contributed by atoms with Gasteiger partial charge in [-0.25, -0.2) is 0 Å². The summed E-state index contributed by atoms with van der Waals surface area (Å²) in [6.07, 6.45) is 2.90. The maximum absolute atomic E-state index is 12.4. The van der Waals surface area contributed by atoms with Crippen molar-refractivity contribution in [2.75, 3.05) is 12.0 Å². The van der Waals surface area contributed by atoms with Gasteiger partial charge in [-0.2, -0.15) is 11.8 Å². The van der Waals surface area contributed by atoms with Gasteiger partial charge in [-0.1, -0.05) is 6.92 Å². The number of carbonyl (C=O) groups is 2. The molecule has 2 atom stereocenters. The number of hydrogen-bond donors (Lipinski definition) is 1. The summed E-state index contributed by atoms with van der Waals surface area (Å²) >= 11 is 1.71. The van der Waals surface area contributed by atoms with Crippen LogP contribution in [0.15, 0.2) is 0 Å². The summed E-state index contributed by atoms with van der Waals surface area (Å²) in [6.45, 7) is 7.38. The fourth-order valence-electron chi connectivity index (χ4n) is 2.16. The highest BCUT2D eigenvalue weighted by Gasteiger charge is 2.45. The van der Waals surface area contributed by atoms with Crippen LogP contribution in [0.2, 0.25) is 0 Å². The quantitative estimate of drug-likeness (QED) is 0.826. The standard InChI is InChI=1S/C12H22N2O2S/c1-6-9(7-17-5)14-8(2)10(15)13-12(3,4)11(14)16/h8-9H,6-7H2,1-5H3,(H,13,15). The molecule has 98 valence electrons. The normalized spacial score (nSPS) is 25.7. The summed E-state index contributed by atoms with van der Waals surface area (Å²) in [5.74, 6) is 0.829. The fourth-order valence-corrected chi connectivity index (χ4v) is 2.94. The van der Waals surface area contributed by atoms with Crippen molar-refractivity contribution >= 4 is 23.6 Å². The van der Waals surface area contributed by atoms with Gasteiger partial charge in [0.2, 0.25) is 11.8 Å². The lowest BCUT2D eigenvalue weighted by molar-refractivity contribution is -0.155. The van der Waals surface area contributed by atoms with Crippen molar-refractivity contribution in [3.63, 3.8) is 0 Å². The molecule has 0 aromatic heterocycles. The smallest absolute Gasteiger partial charge is 0.248 e. The van der Waals surface area contributed by atoms with Gasteiger partial charge in [0, 0.05) is 11.8 Å². The van der Waals surface area contributed by atoms with Crippen molar-refractivity contribution in [3.05, 3.63) is 0 Å². The summed E-state index contributed by atoms with van der Waals surface area (Å²) in [4.78, 5) is 26.0. The summed E-state index contributed by atoms with van der Waals surface area (Å²) in [7, 11) is 0. The van der Waals surface area contributed by atoms with Crippen molar-refractivity contribution in [2.45, 2.75) is 51.7 Å². The van der Waals surface area contributed by atoms with Gasteiger partial charge in [-0.3, -0.25) is 9.59 Å². The van der Waals surface area contributed by atoms with E-state index in [1.807, 2.05) is 6.26 Å². The van der Waals surface area contributed by atoms with Gasteiger partial charge in [-0.05, 0) is 33.4 Å². The van der Waals surface area contributed by atoms with E-state index in [0.717, 1.165) is 12.2 Å². The Morgan fingerprint density at radius 3 is 2.53 bits per heavy atom. The summed E-state index contributed by atoms with van der Waals surface area (Å²) in [5.41, 5.74) is -0.782. The molecular weight excluding hydrogens is 236 g/mol. The molecule has 1 heterocycles. The van der Waals surface area contributed by atoms with Crippen LogP contribution in [0.3, 0.4) is 0 Å². The topological polar surface area (TPSA) is 49.4 Å². The lowest BCUT2D eigenvalue weighted by Crippen LogP contribution is -2.69. The van der Waals surface area contributed by atoms with Gasteiger partial charge in [0.1, 0.15) is 11.6 Å². The molecule has 0 bridgehead atoms. The van der Waals surface area contributed by atoms with Crippen molar-refractivity contribution in [1.29, 1.82) is 0 Å². The van der Waals surface area contributed by atoms with E-state index >= 15 is 0 Å². The predicted octanol–water partition coefficient (Wildman–Crippen LogP) is 1.25. The Bertz CT molecular complexity index is 318. The summed E-state index contributed by atoms with van der Waals surface area (Å²) in [6, 6.07) is -0.231. The molecule has 2 amide bonds. The molecule has 1 N–H and O–H groups in total. The van der Waals surface area contributed by atoms with Crippen molar-refractivity contribution < 1.29 is 9.59 Å². The van der Waals surface area contributed by atoms with Gasteiger partial charge >= 0.3 is 0 Å². The monoisotopic (exact) mass is 258 g/mol. The Labute approximate surface area is 108 Å². The Hall–Kier alpha value is -0.710. The number of nitrogens with zero attached hydrogens (tertiary/aromatic N) is 1. The number of rotatable bonds is 4. The third kappa shape index (κ3) is 2.76. The first-order chi connectivity index (χ1) is 7.85. The Balaban J connectivity index is 3.00. The third-order valence-electron chi connectivity index (χ3n) is 3.23. The number of thioether (sulfide) groups is 1. The van der Waals surface area contributed by atoms with Crippen LogP contribution in [0.5, 0.6) is 0 Å². The van der Waals surface area contributed by atoms with E-state index in [4.69, 9.17) is 0 Å². The number of hydrogen-bond acceptors (Lipinski definition) is 3. The molecule has 1 aliphatic heterocycles. The zero-order valence-electron chi connectivity index (χ0n) is 11.2. The molecule has 1 aliphatic rings. The maximum Gasteiger partial charge on any atom is 0.248 e. The SMILES string of the molecule is CCC(CSC)N1C(=O)C(C)(C)NC(=O)C1C. The van der Waals surface area contributed by atoms with Crippen molar-refractivity contribution in [1.82, 2.24) is 10.2 Å². The molecule has 1 saturated heterocycles. The van der Waals surface area contributed by atoms with Gasteiger partial charge < -0.3 is 10.2 Å². The second kappa shape index (κ2) is 5.29. The van der Waals surface area contributed by atoms with Crippen LogP contribution in [0.4, 0.5) is 0 Å². The van der Waals surface area contributed by atoms with Crippen molar-refractivity contribution in [3.8, 4) is 0 Å². The van der Waals surface area contributed by atoms with Gasteiger partial charge in [0.05, 0.1) is 0 Å². The molecule has 2 unspecified atom stereocenters. The number of carbonyl (C=O) groups excluding carboxylic acids is 2. The summed E-state index contributed by atoms with van der Waals surface area (Å²) in [5, 5.41) is 2.77. The molecule has 0 aromatic carbocycles. The van der Waals surface area contributed by atoms with Crippen LogP contribution in [0.1, 0.15) is 34.1 Å². The van der Waals surface area contributed by atoms with E-state index < -0.39 is 5.54 Å². The minimum absolute atomic E-state index is 0.0190. The first-order valence-electron chi connectivity index (χ1n) is 5.98. The highest BCUT2D eigenvalue weighted by Crippen LogP contribution is 2.23. The van der Waals surface area contributed by atoms with Crippen LogP contribution < -0.4 is 5.32 Å². The Morgan fingerprint density at radius 1 is 1.47 bits per heavy atom. The number of amides is 2. The molecule has 0 aromatic rings. The second-order valence-corrected chi connectivity index (χ2v) is 5.93. The minimum atomic E-state index is -0.782. The minimum Gasteiger partial charge on any atom is -0.340 e. The molecule has 1 fully saturated rings. The Morgan fingerprint density at radius 2 is 2.06 bits per heavy atom. The van der Waals surface area contributed by atoms with Crippen LogP contribution >= 0.6 is 11.8 Å². The molecule has 1 rings (SSSR count). The van der Waals surface area contributed by atoms with E-state index in [-0.39, 0.29) is 23.9 Å². The fraction of sp³-hybridized carbons (Fsp3) is 0.833. The van der Waals surface area contributed by atoms with Crippen LogP contribution in [0, 0.1) is 0 Å². The van der Waals surface area contributed by atoms with E-state index in [1.165, 1.54) is 0 Å². The highest BCUT2D eigenvalue weighted by molar-refractivity contribution is 7.98. The molecular formula is C12H22N2O2S. The average molecular weight is 258 g/mol. The average Bonchev–Trinajstić information content (AvgIpc) is 2.25. The predicted molar refractivity (Wildman–Crippen MR) is 71.0 cm³/mol. The van der Waals surface area contributed by atoms with E-state index in [2.05, 4.69) is 12.2 Å². The number of nitrogens with one attached hydrogen (secondary N) is 1. The van der Waals surface area contributed by atoms with Gasteiger partial charge in [-0.15, -0.1) is 0 Å². The molecule has 0 radical (unpaired) electrons. The molecule has 4 nitrogen and oxygen atoms in total. The number of piperazine rings is 1. The van der Waals surface area contributed by atoms with Crippen molar-refractivity contribution in [2.24, 2.45) is 0 Å². The van der Waals surface area contributed by atoms with Crippen LogP contribution in [-0.4, -0.2) is 46.3 Å². The molecule has 0 aliphatic carbocycles. The zero-order chi connectivity index (χ0) is 13.2. The van der Waals surface area contributed by atoms with E-state index in [1.54, 1.807) is 37.4 Å². The third-order valence-corrected chi connectivity index (χ3v) is 3.94. The van der Waals surface area contributed by atoms with Crippen LogP contribution in [-0.2, 0) is 9.59 Å². The second-order valence-electron chi connectivity index (χ2n) is 5.02. The first-order valence-corrected chi connectivity index (χ1v) is 7.38. The molecule has 17 heavy (non-hydrogen) atoms. The molecule has 0 spiro atoms.